The van der Waals surface area contributed by atoms with Crippen LogP contribution in [0, 0.1) is 23.7 Å². The van der Waals surface area contributed by atoms with Crippen LogP contribution in [0.1, 0.15) is 19.8 Å². The van der Waals surface area contributed by atoms with Gasteiger partial charge < -0.3 is 4.74 Å². The van der Waals surface area contributed by atoms with Crippen molar-refractivity contribution in [2.24, 2.45) is 23.7 Å². The van der Waals surface area contributed by atoms with E-state index in [2.05, 4.69) is 4.74 Å². The molecule has 0 aromatic heterocycles. The molecule has 0 aromatic carbocycles. The van der Waals surface area contributed by atoms with Gasteiger partial charge in [-0.3, -0.25) is 4.55 Å². The van der Waals surface area contributed by atoms with Crippen LogP contribution in [0.3, 0.4) is 0 Å². The second-order valence-corrected chi connectivity index (χ2v) is 9.80. The third kappa shape index (κ3) is 3.91. The van der Waals surface area contributed by atoms with Gasteiger partial charge in [0.05, 0.1) is 0 Å². The van der Waals surface area contributed by atoms with Gasteiger partial charge in [0.25, 0.3) is 21.6 Å². The zero-order valence-corrected chi connectivity index (χ0v) is 16.5. The number of alkyl halides is 9. The maximum Gasteiger partial charge on any atom is 0.426 e. The summed E-state index contributed by atoms with van der Waals surface area (Å²) >= 11 is 1.74. The summed E-state index contributed by atoms with van der Waals surface area (Å²) in [6, 6.07) is 0. The Morgan fingerprint density at radius 3 is 2.00 bits per heavy atom. The van der Waals surface area contributed by atoms with Crippen LogP contribution in [0.15, 0.2) is 0 Å². The Bertz CT molecular complexity index is 663. The predicted octanol–water partition coefficient (Wildman–Crippen LogP) is 4.44. The van der Waals surface area contributed by atoms with Crippen LogP contribution in [0.2, 0.25) is 0 Å². The standard InChI is InChI=1S/C13H15F8IO4S/c1-5-7-2-6(9(5)22)8(11(7,14)15)3-10(12(16,17)18,13(19,20)21)26-4-27(23,24)25/h5-9H,2-4H2,1H3,(H,23,24,25). The lowest BCUT2D eigenvalue weighted by atomic mass is 9.74. The van der Waals surface area contributed by atoms with E-state index < -0.39 is 74.0 Å². The minimum Gasteiger partial charge on any atom is -0.339 e. The molecule has 5 atom stereocenters. The van der Waals surface area contributed by atoms with E-state index in [0.717, 1.165) is 0 Å². The van der Waals surface area contributed by atoms with E-state index in [4.69, 9.17) is 4.55 Å². The predicted molar refractivity (Wildman–Crippen MR) is 84.0 cm³/mol. The molecule has 5 unspecified atom stereocenters. The normalized spacial score (nSPS) is 34.3. The Balaban J connectivity index is 2.49. The van der Waals surface area contributed by atoms with Crippen molar-refractivity contribution in [2.45, 2.75) is 47.6 Å². The van der Waals surface area contributed by atoms with Gasteiger partial charge in [-0.05, 0) is 18.3 Å². The van der Waals surface area contributed by atoms with Crippen molar-refractivity contribution in [2.75, 3.05) is 5.94 Å². The van der Waals surface area contributed by atoms with E-state index in [1.54, 1.807) is 22.6 Å². The summed E-state index contributed by atoms with van der Waals surface area (Å²) in [5.41, 5.74) is -5.14. The van der Waals surface area contributed by atoms with Crippen LogP contribution in [-0.2, 0) is 14.9 Å². The van der Waals surface area contributed by atoms with Gasteiger partial charge in [-0.1, -0.05) is 29.5 Å². The average Bonchev–Trinajstić information content (AvgIpc) is 2.85. The highest BCUT2D eigenvalue weighted by atomic mass is 127. The first-order valence-electron chi connectivity index (χ1n) is 7.59. The van der Waals surface area contributed by atoms with Crippen molar-refractivity contribution in [3.05, 3.63) is 0 Å². The molecule has 0 heterocycles. The smallest absolute Gasteiger partial charge is 0.339 e. The summed E-state index contributed by atoms with van der Waals surface area (Å²) in [6.45, 7) is 1.46. The van der Waals surface area contributed by atoms with Crippen LogP contribution in [0.25, 0.3) is 0 Å². The fourth-order valence-electron chi connectivity index (χ4n) is 4.09. The molecule has 160 valence electrons. The molecule has 0 saturated heterocycles. The molecule has 4 nitrogen and oxygen atoms in total. The van der Waals surface area contributed by atoms with Crippen LogP contribution in [0.4, 0.5) is 35.1 Å². The molecule has 0 radical (unpaired) electrons. The molecule has 2 bridgehead atoms. The monoisotopic (exact) mass is 546 g/mol. The summed E-state index contributed by atoms with van der Waals surface area (Å²) in [5.74, 6) is -11.5. The van der Waals surface area contributed by atoms with Crippen molar-refractivity contribution >= 4 is 32.7 Å². The molecule has 14 heteroatoms. The SMILES string of the molecule is CC1C(I)C2CC1C(F)(F)C2CC(OCS(=O)(=O)O)(C(F)(F)F)C(F)(F)F. The van der Waals surface area contributed by atoms with Gasteiger partial charge >= 0.3 is 12.4 Å². The van der Waals surface area contributed by atoms with E-state index in [-0.39, 0.29) is 6.42 Å². The van der Waals surface area contributed by atoms with Gasteiger partial charge in [-0.2, -0.15) is 34.8 Å². The molecule has 1 N–H and O–H groups in total. The number of hydrogen-bond acceptors (Lipinski definition) is 3. The van der Waals surface area contributed by atoms with E-state index in [0.29, 0.717) is 0 Å². The zero-order chi connectivity index (χ0) is 21.2. The highest BCUT2D eigenvalue weighted by Crippen LogP contribution is 2.65. The van der Waals surface area contributed by atoms with Gasteiger partial charge in [0.15, 0.2) is 5.94 Å². The summed E-state index contributed by atoms with van der Waals surface area (Å²) in [7, 11) is -5.38. The van der Waals surface area contributed by atoms with Crippen LogP contribution >= 0.6 is 22.6 Å². The highest BCUT2D eigenvalue weighted by molar-refractivity contribution is 14.1. The molecular weight excluding hydrogens is 531 g/mol. The molecule has 2 fully saturated rings. The summed E-state index contributed by atoms with van der Waals surface area (Å²) in [5, 5.41) is 0. The Morgan fingerprint density at radius 1 is 1.15 bits per heavy atom. The molecule has 0 spiro atoms. The molecule has 2 rings (SSSR count). The number of ether oxygens (including phenoxy) is 1. The Kier molecular flexibility index (Phi) is 5.86. The molecule has 2 saturated carbocycles. The molecule has 0 aromatic rings. The first-order chi connectivity index (χ1) is 11.9. The van der Waals surface area contributed by atoms with E-state index in [1.807, 2.05) is 0 Å². The fraction of sp³-hybridized carbons (Fsp3) is 1.00. The lowest BCUT2D eigenvalue weighted by Gasteiger charge is -2.43. The Labute approximate surface area is 162 Å². The molecular formula is C13H15F8IO4S. The third-order valence-corrected chi connectivity index (χ3v) is 7.93. The maximum atomic E-state index is 14.5. The van der Waals surface area contributed by atoms with E-state index in [1.165, 1.54) is 6.92 Å². The van der Waals surface area contributed by atoms with Gasteiger partial charge in [-0.25, -0.2) is 8.78 Å². The fourth-order valence-corrected chi connectivity index (χ4v) is 5.74. The zero-order valence-electron chi connectivity index (χ0n) is 13.5. The Hall–Kier alpha value is 0.0400. The van der Waals surface area contributed by atoms with Gasteiger partial charge in [-0.15, -0.1) is 0 Å². The van der Waals surface area contributed by atoms with Crippen molar-refractivity contribution in [3.8, 4) is 0 Å². The lowest BCUT2D eigenvalue weighted by Crippen LogP contribution is -2.62. The molecule has 0 aliphatic heterocycles. The largest absolute Gasteiger partial charge is 0.426 e. The minimum atomic E-state index is -6.24. The van der Waals surface area contributed by atoms with Gasteiger partial charge in [0, 0.05) is 22.2 Å². The second kappa shape index (κ2) is 6.79. The summed E-state index contributed by atoms with van der Waals surface area (Å²) < 4.78 is 142. The molecule has 2 aliphatic rings. The highest BCUT2D eigenvalue weighted by Gasteiger charge is 2.77. The van der Waals surface area contributed by atoms with Crippen molar-refractivity contribution < 1.29 is 52.8 Å². The van der Waals surface area contributed by atoms with Crippen LogP contribution < -0.4 is 0 Å². The van der Waals surface area contributed by atoms with Gasteiger partial charge in [0.1, 0.15) is 0 Å². The second-order valence-electron chi connectivity index (χ2n) is 6.96. The van der Waals surface area contributed by atoms with Crippen molar-refractivity contribution in [1.29, 1.82) is 0 Å². The number of halogens is 9. The van der Waals surface area contributed by atoms with E-state index >= 15 is 0 Å². The molecule has 0 amide bonds. The van der Waals surface area contributed by atoms with E-state index in [9.17, 15) is 43.5 Å². The van der Waals surface area contributed by atoms with Crippen LogP contribution in [-0.4, -0.2) is 46.7 Å². The minimum absolute atomic E-state index is 0.226. The molecule has 2 aliphatic carbocycles. The third-order valence-electron chi connectivity index (χ3n) is 5.46. The van der Waals surface area contributed by atoms with Crippen molar-refractivity contribution in [1.82, 2.24) is 0 Å². The summed E-state index contributed by atoms with van der Waals surface area (Å²) in [6.07, 6.45) is -14.9. The number of fused-ring (bicyclic) bond motifs is 2. The quantitative estimate of drug-likeness (QED) is 0.240. The van der Waals surface area contributed by atoms with Crippen LogP contribution in [0.5, 0.6) is 0 Å². The average molecular weight is 546 g/mol. The van der Waals surface area contributed by atoms with Crippen molar-refractivity contribution in [3.63, 3.8) is 0 Å². The first-order valence-corrected chi connectivity index (χ1v) is 10.4. The maximum absolute atomic E-state index is 14.5. The first kappa shape index (κ1) is 23.3. The summed E-state index contributed by atoms with van der Waals surface area (Å²) in [4.78, 5) is 0. The van der Waals surface area contributed by atoms with Gasteiger partial charge in [0.2, 0.25) is 0 Å². The number of hydrogen-bond donors (Lipinski definition) is 1. The molecule has 27 heavy (non-hydrogen) atoms. The Morgan fingerprint density at radius 2 is 1.63 bits per heavy atom. The number of rotatable bonds is 5. The topological polar surface area (TPSA) is 63.6 Å². The lowest BCUT2D eigenvalue weighted by molar-refractivity contribution is -0.385.